The van der Waals surface area contributed by atoms with Crippen molar-refractivity contribution in [3.05, 3.63) is 108 Å². The first-order chi connectivity index (χ1) is 21.6. The smallest absolute Gasteiger partial charge is 0.342 e. The minimum Gasteiger partial charge on any atom is -0.534 e. The van der Waals surface area contributed by atoms with Crippen molar-refractivity contribution in [3.8, 4) is 11.5 Å². The van der Waals surface area contributed by atoms with Crippen LogP contribution in [0.25, 0.3) is 0 Å². The Hall–Kier alpha value is -2.87. The van der Waals surface area contributed by atoms with Gasteiger partial charge in [0.05, 0.1) is 10.2 Å². The van der Waals surface area contributed by atoms with Crippen LogP contribution in [0.15, 0.2) is 97.1 Å². The molecule has 0 bridgehead atoms. The van der Waals surface area contributed by atoms with Crippen LogP contribution in [0.5, 0.6) is 11.5 Å². The molecule has 1 aliphatic carbocycles. The molecule has 0 amide bonds. The fraction of sp³-hybridized carbons (Fsp3) is 0.395. The van der Waals surface area contributed by atoms with E-state index in [4.69, 9.17) is 9.16 Å². The van der Waals surface area contributed by atoms with E-state index in [1.54, 1.807) is 6.07 Å². The summed E-state index contributed by atoms with van der Waals surface area (Å²) in [7, 11) is -2.97. The summed E-state index contributed by atoms with van der Waals surface area (Å²) in [6.07, 6.45) is 12.4. The zero-order chi connectivity index (χ0) is 31.7. The van der Waals surface area contributed by atoms with Gasteiger partial charge in [-0.15, -0.1) is 23.5 Å². The first-order valence-electron chi connectivity index (χ1n) is 16.1. The summed E-state index contributed by atoms with van der Waals surface area (Å²) in [4.78, 5) is 13.8. The molecule has 6 rings (SSSR count). The number of hydrogen-bond acceptors (Lipinski definition) is 6. The number of cyclic esters (lactones) is 1. The highest BCUT2D eigenvalue weighted by atomic mass is 32.2. The summed E-state index contributed by atoms with van der Waals surface area (Å²) in [6, 6.07) is 24.6. The molecule has 0 radical (unpaired) electrons. The van der Waals surface area contributed by atoms with Gasteiger partial charge in [0, 0.05) is 12.5 Å². The van der Waals surface area contributed by atoms with Gasteiger partial charge in [0.2, 0.25) is 0 Å². The number of fused-ring (bicyclic) bond motifs is 2. The average Bonchev–Trinajstić information content (AvgIpc) is 3.75. The lowest BCUT2D eigenvalue weighted by Crippen LogP contribution is -2.68. The molecule has 7 heteroatoms. The Kier molecular flexibility index (Phi) is 9.33. The van der Waals surface area contributed by atoms with E-state index in [1.165, 1.54) is 0 Å². The topological polar surface area (TPSA) is 55.8 Å². The fourth-order valence-electron chi connectivity index (χ4n) is 6.93. The van der Waals surface area contributed by atoms with Crippen molar-refractivity contribution < 1.29 is 19.1 Å². The van der Waals surface area contributed by atoms with E-state index >= 15 is 0 Å². The number of thioether (sulfide) groups is 2. The van der Waals surface area contributed by atoms with E-state index < -0.39 is 14.3 Å². The van der Waals surface area contributed by atoms with Gasteiger partial charge in [0.25, 0.3) is 0 Å². The Morgan fingerprint density at radius 3 is 2.20 bits per heavy atom. The van der Waals surface area contributed by atoms with Gasteiger partial charge in [-0.05, 0) is 76.6 Å². The summed E-state index contributed by atoms with van der Waals surface area (Å²) >= 11 is 3.84. The molecular formula is C38H44O4S2Si. The molecule has 1 spiro atoms. The molecule has 4 nitrogen and oxygen atoms in total. The van der Waals surface area contributed by atoms with E-state index in [-0.39, 0.29) is 26.5 Å². The highest BCUT2D eigenvalue weighted by Crippen LogP contribution is 2.49. The number of allylic oxidation sites excluding steroid dienone is 3. The van der Waals surface area contributed by atoms with E-state index in [0.29, 0.717) is 24.0 Å². The van der Waals surface area contributed by atoms with Gasteiger partial charge in [-0.3, -0.25) is 0 Å². The summed E-state index contributed by atoms with van der Waals surface area (Å²) < 4.78 is 13.1. The number of benzene rings is 3. The van der Waals surface area contributed by atoms with Gasteiger partial charge in [-0.25, -0.2) is 4.79 Å². The molecule has 1 saturated carbocycles. The maximum atomic E-state index is 13.8. The number of carbonyl (C=O) groups excluding carboxylic acids is 1. The van der Waals surface area contributed by atoms with E-state index in [1.807, 2.05) is 48.6 Å². The SMILES string of the molecule is C[C@H]1C[C@H]2C[C@@H]2/C=C\C=C\C2(Cc3cc(O[Si](c4ccccc4)(c4ccccc4)C(C)(C)C)cc(O)c3C(=O)O1)SCCCS2. The fourth-order valence-corrected chi connectivity index (χ4v) is 14.5. The highest BCUT2D eigenvalue weighted by molar-refractivity contribution is 8.19. The average molecular weight is 657 g/mol. The predicted octanol–water partition coefficient (Wildman–Crippen LogP) is 8.14. The number of hydrogen-bond donors (Lipinski definition) is 1. The lowest BCUT2D eigenvalue weighted by molar-refractivity contribution is 0.0307. The zero-order valence-electron chi connectivity index (χ0n) is 26.7. The molecule has 45 heavy (non-hydrogen) atoms. The van der Waals surface area contributed by atoms with Crippen molar-refractivity contribution in [1.82, 2.24) is 0 Å². The lowest BCUT2D eigenvalue weighted by atomic mass is 10.00. The van der Waals surface area contributed by atoms with Crippen LogP contribution in [0.3, 0.4) is 0 Å². The summed E-state index contributed by atoms with van der Waals surface area (Å²) in [5.74, 6) is 3.21. The molecule has 1 N–H and O–H groups in total. The molecule has 0 aromatic heterocycles. The Balaban J connectivity index is 1.49. The predicted molar refractivity (Wildman–Crippen MR) is 192 cm³/mol. The largest absolute Gasteiger partial charge is 0.534 e. The molecule has 0 unspecified atom stereocenters. The van der Waals surface area contributed by atoms with Crippen LogP contribution >= 0.6 is 23.5 Å². The number of aromatic hydroxyl groups is 1. The third-order valence-electron chi connectivity index (χ3n) is 9.22. The normalized spacial score (nSPS) is 24.8. The molecule has 3 aromatic carbocycles. The molecule has 2 heterocycles. The van der Waals surface area contributed by atoms with Crippen molar-refractivity contribution in [2.45, 2.75) is 68.6 Å². The first kappa shape index (κ1) is 32.1. The van der Waals surface area contributed by atoms with Crippen molar-refractivity contribution in [2.24, 2.45) is 11.8 Å². The zero-order valence-corrected chi connectivity index (χ0v) is 29.3. The quantitative estimate of drug-likeness (QED) is 0.226. The molecule has 3 aliphatic rings. The Morgan fingerprint density at radius 2 is 1.58 bits per heavy atom. The second kappa shape index (κ2) is 13.1. The molecule has 3 atom stereocenters. The van der Waals surface area contributed by atoms with Crippen molar-refractivity contribution in [1.29, 1.82) is 0 Å². The maximum Gasteiger partial charge on any atom is 0.342 e. The molecule has 2 fully saturated rings. The Morgan fingerprint density at radius 1 is 0.933 bits per heavy atom. The van der Waals surface area contributed by atoms with Gasteiger partial charge in [-0.1, -0.05) is 106 Å². The van der Waals surface area contributed by atoms with Crippen LogP contribution in [0.4, 0.5) is 0 Å². The minimum atomic E-state index is -2.97. The number of ether oxygens (including phenoxy) is 1. The number of esters is 1. The second-order valence-corrected chi connectivity index (χ2v) is 21.0. The monoisotopic (exact) mass is 656 g/mol. The first-order valence-corrected chi connectivity index (χ1v) is 20.0. The van der Waals surface area contributed by atoms with Crippen LogP contribution < -0.4 is 14.8 Å². The van der Waals surface area contributed by atoms with Gasteiger partial charge in [0.15, 0.2) is 0 Å². The number of phenolic OH excluding ortho intramolecular Hbond substituents is 1. The van der Waals surface area contributed by atoms with Crippen LogP contribution in [0.1, 0.15) is 62.9 Å². The molecular weight excluding hydrogens is 613 g/mol. The molecule has 3 aromatic rings. The number of phenols is 1. The van der Waals surface area contributed by atoms with E-state index in [0.717, 1.165) is 46.7 Å². The number of rotatable bonds is 4. The standard InChI is InChI=1S/C38H44O4S2Si/c1-27-22-29-23-28(29)14-11-12-19-38(43-20-13-21-44-38)26-30-24-31(25-34(39)35(30)36(40)41-27)42-45(37(2,3)4,32-15-7-5-8-16-32)33-17-9-6-10-18-33/h5-12,14-19,24-25,27-29,39H,13,20-23,26H2,1-4H3/b14-11-,19-12+/t27-,28-,29-/m0/s1. The minimum absolute atomic E-state index is 0.0844. The van der Waals surface area contributed by atoms with Crippen LogP contribution in [0.2, 0.25) is 5.04 Å². The number of carbonyl (C=O) groups is 1. The van der Waals surface area contributed by atoms with Gasteiger partial charge in [0.1, 0.15) is 17.1 Å². The molecule has 1 saturated heterocycles. The second-order valence-electron chi connectivity index (χ2n) is 13.6. The van der Waals surface area contributed by atoms with Crippen LogP contribution in [-0.4, -0.2) is 41.1 Å². The molecule has 236 valence electrons. The third kappa shape index (κ3) is 6.81. The Labute approximate surface area is 277 Å². The summed E-state index contributed by atoms with van der Waals surface area (Å²) in [5.41, 5.74) is 1.02. The lowest BCUT2D eigenvalue weighted by Gasteiger charge is -2.43. The van der Waals surface area contributed by atoms with Gasteiger partial charge in [-0.2, -0.15) is 0 Å². The summed E-state index contributed by atoms with van der Waals surface area (Å²) in [5, 5.41) is 13.7. The highest BCUT2D eigenvalue weighted by Gasteiger charge is 2.52. The Bertz CT molecular complexity index is 1520. The van der Waals surface area contributed by atoms with Gasteiger partial charge >= 0.3 is 14.3 Å². The third-order valence-corrected chi connectivity index (χ3v) is 17.4. The van der Waals surface area contributed by atoms with Gasteiger partial charge < -0.3 is 14.3 Å². The molecule has 2 aliphatic heterocycles. The van der Waals surface area contributed by atoms with Crippen LogP contribution in [0, 0.1) is 11.8 Å². The summed E-state index contributed by atoms with van der Waals surface area (Å²) in [6.45, 7) is 8.69. The maximum absolute atomic E-state index is 13.8. The van der Waals surface area contributed by atoms with E-state index in [9.17, 15) is 9.90 Å². The van der Waals surface area contributed by atoms with Crippen LogP contribution in [-0.2, 0) is 11.2 Å². The van der Waals surface area contributed by atoms with Crippen molar-refractivity contribution >= 4 is 48.2 Å². The van der Waals surface area contributed by atoms with E-state index in [2.05, 4.69) is 93.6 Å². The van der Waals surface area contributed by atoms with Crippen molar-refractivity contribution in [2.75, 3.05) is 11.5 Å². The van der Waals surface area contributed by atoms with Crippen molar-refractivity contribution in [3.63, 3.8) is 0 Å².